The Labute approximate surface area is 188 Å². The zero-order valence-corrected chi connectivity index (χ0v) is 18.7. The van der Waals surface area contributed by atoms with Crippen molar-refractivity contribution in [2.75, 3.05) is 56.4 Å². The molecule has 2 aromatic rings. The molecule has 9 nitrogen and oxygen atoms in total. The summed E-state index contributed by atoms with van der Waals surface area (Å²) in [5, 5.41) is 6.97. The standard InChI is InChI=1S/C23H31N5O4/c1-3-7-24-23(29)32-13-12-31-22-16-20(28-8-10-30-11-9-28)15-21(26-22)27-25-17-19-6-4-5-18(2)14-19/h4-6,14-17H,3,7-13H2,1-2H3,(H,24,29)(H,26,27)/b25-17+. The third-order valence-corrected chi connectivity index (χ3v) is 4.68. The van der Waals surface area contributed by atoms with Gasteiger partial charge in [-0.2, -0.15) is 10.1 Å². The Bertz CT molecular complexity index is 900. The summed E-state index contributed by atoms with van der Waals surface area (Å²) in [5.74, 6) is 0.995. The van der Waals surface area contributed by atoms with Gasteiger partial charge in [-0.15, -0.1) is 0 Å². The van der Waals surface area contributed by atoms with E-state index in [0.29, 0.717) is 31.5 Å². The number of carbonyl (C=O) groups is 1. The molecule has 2 heterocycles. The van der Waals surface area contributed by atoms with E-state index in [-0.39, 0.29) is 13.2 Å². The molecule has 0 atom stereocenters. The van der Waals surface area contributed by atoms with Gasteiger partial charge in [0.05, 0.1) is 19.4 Å². The summed E-state index contributed by atoms with van der Waals surface area (Å²) >= 11 is 0. The molecular weight excluding hydrogens is 410 g/mol. The first-order chi connectivity index (χ1) is 15.6. The number of amides is 1. The number of ether oxygens (including phenoxy) is 3. The fraction of sp³-hybridized carbons (Fsp3) is 0.435. The minimum atomic E-state index is -0.446. The average molecular weight is 442 g/mol. The normalized spacial score (nSPS) is 13.8. The second-order valence-electron chi connectivity index (χ2n) is 7.34. The molecule has 3 rings (SSSR count). The van der Waals surface area contributed by atoms with Gasteiger partial charge in [0.1, 0.15) is 13.2 Å². The molecule has 1 saturated heterocycles. The molecule has 0 saturated carbocycles. The summed E-state index contributed by atoms with van der Waals surface area (Å²) in [6, 6.07) is 11.9. The van der Waals surface area contributed by atoms with Crippen molar-refractivity contribution in [3.05, 3.63) is 47.5 Å². The number of carbonyl (C=O) groups excluding carboxylic acids is 1. The van der Waals surface area contributed by atoms with Crippen molar-refractivity contribution in [3.8, 4) is 5.88 Å². The van der Waals surface area contributed by atoms with Gasteiger partial charge >= 0.3 is 6.09 Å². The summed E-state index contributed by atoms with van der Waals surface area (Å²) in [7, 11) is 0. The van der Waals surface area contributed by atoms with E-state index >= 15 is 0 Å². The molecule has 1 amide bonds. The second-order valence-corrected chi connectivity index (χ2v) is 7.34. The highest BCUT2D eigenvalue weighted by Crippen LogP contribution is 2.24. The highest BCUT2D eigenvalue weighted by molar-refractivity contribution is 5.80. The number of aromatic nitrogens is 1. The molecule has 1 aromatic carbocycles. The lowest BCUT2D eigenvalue weighted by Crippen LogP contribution is -2.36. The number of alkyl carbamates (subject to hydrolysis) is 1. The van der Waals surface area contributed by atoms with Gasteiger partial charge in [0, 0.05) is 37.5 Å². The summed E-state index contributed by atoms with van der Waals surface area (Å²) in [5.41, 5.74) is 6.12. The van der Waals surface area contributed by atoms with Gasteiger partial charge in [0.15, 0.2) is 5.82 Å². The van der Waals surface area contributed by atoms with Crippen LogP contribution in [0, 0.1) is 6.92 Å². The first-order valence-electron chi connectivity index (χ1n) is 10.9. The van der Waals surface area contributed by atoms with Crippen molar-refractivity contribution in [3.63, 3.8) is 0 Å². The van der Waals surface area contributed by atoms with Crippen molar-refractivity contribution < 1.29 is 19.0 Å². The molecule has 2 N–H and O–H groups in total. The highest BCUT2D eigenvalue weighted by atomic mass is 16.6. The highest BCUT2D eigenvalue weighted by Gasteiger charge is 2.14. The van der Waals surface area contributed by atoms with Gasteiger partial charge in [-0.1, -0.05) is 36.8 Å². The van der Waals surface area contributed by atoms with Gasteiger partial charge in [0.2, 0.25) is 5.88 Å². The van der Waals surface area contributed by atoms with Gasteiger partial charge < -0.3 is 24.4 Å². The van der Waals surface area contributed by atoms with Gasteiger partial charge in [0.25, 0.3) is 0 Å². The molecule has 0 unspecified atom stereocenters. The van der Waals surface area contributed by atoms with Crippen molar-refractivity contribution in [1.29, 1.82) is 0 Å². The van der Waals surface area contributed by atoms with E-state index in [2.05, 4.69) is 25.7 Å². The molecule has 0 spiro atoms. The van der Waals surface area contributed by atoms with Crippen molar-refractivity contribution in [1.82, 2.24) is 10.3 Å². The molecule has 1 aliphatic heterocycles. The molecule has 1 aliphatic rings. The van der Waals surface area contributed by atoms with Crippen LogP contribution in [0.15, 0.2) is 41.5 Å². The van der Waals surface area contributed by atoms with Crippen molar-refractivity contribution >= 4 is 23.8 Å². The molecular formula is C23H31N5O4. The number of benzene rings is 1. The number of rotatable bonds is 10. The van der Waals surface area contributed by atoms with Crippen LogP contribution in [0.3, 0.4) is 0 Å². The van der Waals surface area contributed by atoms with Crippen LogP contribution < -0.4 is 20.4 Å². The SMILES string of the molecule is CCCNC(=O)OCCOc1cc(N2CCOCC2)cc(N/N=C/c2cccc(C)c2)n1. The number of nitrogens with zero attached hydrogens (tertiary/aromatic N) is 3. The van der Waals surface area contributed by atoms with Crippen molar-refractivity contribution in [2.24, 2.45) is 5.10 Å². The number of pyridine rings is 1. The summed E-state index contributed by atoms with van der Waals surface area (Å²) in [6.07, 6.45) is 2.16. The largest absolute Gasteiger partial charge is 0.474 e. The van der Waals surface area contributed by atoms with Crippen molar-refractivity contribution in [2.45, 2.75) is 20.3 Å². The summed E-state index contributed by atoms with van der Waals surface area (Å²) in [4.78, 5) is 18.2. The number of anilines is 2. The molecule has 0 radical (unpaired) electrons. The number of hydrogen-bond acceptors (Lipinski definition) is 8. The minimum absolute atomic E-state index is 0.132. The van der Waals surface area contributed by atoms with E-state index in [4.69, 9.17) is 14.2 Å². The number of nitrogens with one attached hydrogen (secondary N) is 2. The van der Waals surface area contributed by atoms with Crippen LogP contribution in [0.2, 0.25) is 0 Å². The first-order valence-corrected chi connectivity index (χ1v) is 10.9. The molecule has 0 bridgehead atoms. The number of morpholine rings is 1. The van der Waals surface area contributed by atoms with Crippen LogP contribution in [-0.2, 0) is 9.47 Å². The van der Waals surface area contributed by atoms with Crippen LogP contribution >= 0.6 is 0 Å². The molecule has 0 aliphatic carbocycles. The van der Waals surface area contributed by atoms with E-state index in [1.165, 1.54) is 5.56 Å². The van der Waals surface area contributed by atoms with Crippen LogP contribution in [0.1, 0.15) is 24.5 Å². The molecule has 172 valence electrons. The Morgan fingerprint density at radius 1 is 1.25 bits per heavy atom. The Hall–Kier alpha value is -3.33. The van der Waals surface area contributed by atoms with E-state index < -0.39 is 6.09 Å². The second kappa shape index (κ2) is 12.5. The van der Waals surface area contributed by atoms with Crippen LogP contribution in [-0.4, -0.2) is 63.4 Å². The monoisotopic (exact) mass is 441 g/mol. The van der Waals surface area contributed by atoms with E-state index in [9.17, 15) is 4.79 Å². The molecule has 1 fully saturated rings. The zero-order valence-electron chi connectivity index (χ0n) is 18.7. The Morgan fingerprint density at radius 2 is 2.09 bits per heavy atom. The van der Waals surface area contributed by atoms with Crippen LogP contribution in [0.25, 0.3) is 0 Å². The molecule has 32 heavy (non-hydrogen) atoms. The Balaban J connectivity index is 1.63. The number of hydrazone groups is 1. The maximum Gasteiger partial charge on any atom is 0.407 e. The summed E-state index contributed by atoms with van der Waals surface area (Å²) in [6.45, 7) is 7.86. The lowest BCUT2D eigenvalue weighted by molar-refractivity contribution is 0.122. The van der Waals surface area contributed by atoms with Gasteiger partial charge in [-0.3, -0.25) is 5.43 Å². The quantitative estimate of drug-likeness (QED) is 0.332. The third kappa shape index (κ3) is 7.73. The smallest absolute Gasteiger partial charge is 0.407 e. The third-order valence-electron chi connectivity index (χ3n) is 4.68. The van der Waals surface area contributed by atoms with E-state index in [0.717, 1.165) is 30.8 Å². The maximum atomic E-state index is 11.5. The molecule has 1 aromatic heterocycles. The van der Waals surface area contributed by atoms with Crippen LogP contribution in [0.5, 0.6) is 5.88 Å². The first kappa shape index (κ1) is 23.3. The van der Waals surface area contributed by atoms with E-state index in [1.807, 2.05) is 50.2 Å². The lowest BCUT2D eigenvalue weighted by atomic mass is 10.2. The average Bonchev–Trinajstić information content (AvgIpc) is 2.81. The number of aryl methyl sites for hydroxylation is 1. The van der Waals surface area contributed by atoms with Gasteiger partial charge in [-0.25, -0.2) is 4.79 Å². The zero-order chi connectivity index (χ0) is 22.6. The fourth-order valence-electron chi connectivity index (χ4n) is 3.11. The topological polar surface area (TPSA) is 97.3 Å². The predicted octanol–water partition coefficient (Wildman–Crippen LogP) is 3.19. The Kier molecular flexibility index (Phi) is 9.12. The summed E-state index contributed by atoms with van der Waals surface area (Å²) < 4.78 is 16.3. The van der Waals surface area contributed by atoms with Gasteiger partial charge in [-0.05, 0) is 18.9 Å². The maximum absolute atomic E-state index is 11.5. The predicted molar refractivity (Wildman–Crippen MR) is 125 cm³/mol. The molecule has 9 heteroatoms. The lowest BCUT2D eigenvalue weighted by Gasteiger charge is -2.29. The minimum Gasteiger partial charge on any atom is -0.474 e. The number of hydrogen-bond donors (Lipinski definition) is 2. The fourth-order valence-corrected chi connectivity index (χ4v) is 3.11. The van der Waals surface area contributed by atoms with E-state index in [1.54, 1.807) is 6.21 Å². The van der Waals surface area contributed by atoms with Crippen LogP contribution in [0.4, 0.5) is 16.3 Å². The Morgan fingerprint density at radius 3 is 2.88 bits per heavy atom.